The molecule has 2 aromatic carbocycles. The Labute approximate surface area is 175 Å². The van der Waals surface area contributed by atoms with E-state index in [-0.39, 0.29) is 23.5 Å². The van der Waals surface area contributed by atoms with Crippen LogP contribution in [0, 0.1) is 11.6 Å². The largest absolute Gasteiger partial charge is 0.484 e. The zero-order valence-electron chi connectivity index (χ0n) is 17.5. The van der Waals surface area contributed by atoms with Gasteiger partial charge in [-0.15, -0.1) is 0 Å². The predicted octanol–water partition coefficient (Wildman–Crippen LogP) is 3.89. The average Bonchev–Trinajstić information content (AvgIpc) is 2.59. The van der Waals surface area contributed by atoms with Crippen LogP contribution in [0.25, 0.3) is 0 Å². The molecule has 6 nitrogen and oxygen atoms in total. The highest BCUT2D eigenvalue weighted by atomic mass is 32.2. The quantitative estimate of drug-likeness (QED) is 0.684. The summed E-state index contributed by atoms with van der Waals surface area (Å²) >= 11 is 0. The molecule has 0 aliphatic carbocycles. The second kappa shape index (κ2) is 8.99. The number of amides is 1. The SMILES string of the molecule is C[C@@H](NC(=O)COc1ccc(C(C)(C)C)c(F)c1)c1ccc(NS(C)(=O)=O)c(F)c1. The molecule has 0 radical (unpaired) electrons. The Hall–Kier alpha value is -2.68. The summed E-state index contributed by atoms with van der Waals surface area (Å²) in [5, 5.41) is 2.65. The van der Waals surface area contributed by atoms with Gasteiger partial charge >= 0.3 is 0 Å². The predicted molar refractivity (Wildman–Crippen MR) is 112 cm³/mol. The number of sulfonamides is 1. The lowest BCUT2D eigenvalue weighted by molar-refractivity contribution is -0.123. The number of hydrogen-bond donors (Lipinski definition) is 2. The van der Waals surface area contributed by atoms with Gasteiger partial charge in [-0.05, 0) is 41.7 Å². The summed E-state index contributed by atoms with van der Waals surface area (Å²) in [6.07, 6.45) is 0.922. The summed E-state index contributed by atoms with van der Waals surface area (Å²) in [4.78, 5) is 12.1. The van der Waals surface area contributed by atoms with Crippen LogP contribution in [0.5, 0.6) is 5.75 Å². The van der Waals surface area contributed by atoms with Crippen molar-refractivity contribution in [2.24, 2.45) is 0 Å². The molecule has 30 heavy (non-hydrogen) atoms. The van der Waals surface area contributed by atoms with E-state index < -0.39 is 33.6 Å². The minimum atomic E-state index is -3.60. The smallest absolute Gasteiger partial charge is 0.258 e. The van der Waals surface area contributed by atoms with Crippen LogP contribution in [0.2, 0.25) is 0 Å². The summed E-state index contributed by atoms with van der Waals surface area (Å²) in [5.74, 6) is -1.41. The number of nitrogens with one attached hydrogen (secondary N) is 2. The lowest BCUT2D eigenvalue weighted by Crippen LogP contribution is -2.31. The van der Waals surface area contributed by atoms with E-state index in [0.717, 1.165) is 12.3 Å². The van der Waals surface area contributed by atoms with Gasteiger partial charge in [0.2, 0.25) is 10.0 Å². The van der Waals surface area contributed by atoms with Crippen molar-refractivity contribution in [2.45, 2.75) is 39.2 Å². The number of halogens is 2. The van der Waals surface area contributed by atoms with Crippen LogP contribution >= 0.6 is 0 Å². The van der Waals surface area contributed by atoms with Crippen LogP contribution in [0.3, 0.4) is 0 Å². The molecule has 2 rings (SSSR count). The second-order valence-corrected chi connectivity index (χ2v) is 9.83. The fourth-order valence-corrected chi connectivity index (χ4v) is 3.36. The maximum absolute atomic E-state index is 14.2. The van der Waals surface area contributed by atoms with Gasteiger partial charge in [0.25, 0.3) is 5.91 Å². The first-order valence-corrected chi connectivity index (χ1v) is 11.1. The van der Waals surface area contributed by atoms with Gasteiger partial charge in [-0.25, -0.2) is 17.2 Å². The molecule has 2 aromatic rings. The van der Waals surface area contributed by atoms with Crippen LogP contribution in [0.1, 0.15) is 44.9 Å². The van der Waals surface area contributed by atoms with Gasteiger partial charge < -0.3 is 10.1 Å². The third kappa shape index (κ3) is 6.69. The molecule has 1 amide bonds. The number of ether oxygens (including phenoxy) is 1. The van der Waals surface area contributed by atoms with Crippen molar-refractivity contribution in [1.82, 2.24) is 5.32 Å². The molecule has 9 heteroatoms. The molecule has 0 spiro atoms. The molecule has 164 valence electrons. The number of hydrogen-bond acceptors (Lipinski definition) is 4. The van der Waals surface area contributed by atoms with Crippen LogP contribution in [-0.4, -0.2) is 27.2 Å². The van der Waals surface area contributed by atoms with Crippen molar-refractivity contribution in [3.8, 4) is 5.75 Å². The molecule has 0 saturated heterocycles. The number of carbonyl (C=O) groups is 1. The number of anilines is 1. The lowest BCUT2D eigenvalue weighted by Gasteiger charge is -2.20. The minimum Gasteiger partial charge on any atom is -0.484 e. The Balaban J connectivity index is 1.96. The van der Waals surface area contributed by atoms with Crippen LogP contribution in [-0.2, 0) is 20.2 Å². The lowest BCUT2D eigenvalue weighted by atomic mass is 9.87. The topological polar surface area (TPSA) is 84.5 Å². The Bertz CT molecular complexity index is 1030. The zero-order valence-corrected chi connectivity index (χ0v) is 18.4. The average molecular weight is 441 g/mol. The third-order valence-corrected chi connectivity index (χ3v) is 4.88. The zero-order chi connectivity index (χ0) is 22.7. The normalized spacial score (nSPS) is 12.9. The summed E-state index contributed by atoms with van der Waals surface area (Å²) < 4.78 is 58.2. The molecule has 2 N–H and O–H groups in total. The Kier molecular flexibility index (Phi) is 7.07. The molecule has 0 heterocycles. The highest BCUT2D eigenvalue weighted by molar-refractivity contribution is 7.92. The van der Waals surface area contributed by atoms with Gasteiger partial charge in [0.15, 0.2) is 6.61 Å². The fraction of sp³-hybridized carbons (Fsp3) is 0.381. The van der Waals surface area contributed by atoms with E-state index in [9.17, 15) is 22.0 Å². The first-order chi connectivity index (χ1) is 13.8. The monoisotopic (exact) mass is 440 g/mol. The van der Waals surface area contributed by atoms with E-state index in [1.165, 1.54) is 18.2 Å². The van der Waals surface area contributed by atoms with Crippen molar-refractivity contribution in [3.63, 3.8) is 0 Å². The fourth-order valence-electron chi connectivity index (χ4n) is 2.79. The molecule has 0 aromatic heterocycles. The van der Waals surface area contributed by atoms with Crippen molar-refractivity contribution >= 4 is 21.6 Å². The van der Waals surface area contributed by atoms with E-state index in [2.05, 4.69) is 10.0 Å². The molecular formula is C21H26F2N2O4S. The first-order valence-electron chi connectivity index (χ1n) is 9.25. The Morgan fingerprint density at radius 1 is 1.10 bits per heavy atom. The van der Waals surface area contributed by atoms with Crippen molar-refractivity contribution in [1.29, 1.82) is 0 Å². The summed E-state index contributed by atoms with van der Waals surface area (Å²) in [6, 6.07) is 7.83. The van der Waals surface area contributed by atoms with Gasteiger partial charge in [0.1, 0.15) is 17.4 Å². The number of benzene rings is 2. The highest BCUT2D eigenvalue weighted by Crippen LogP contribution is 2.27. The molecule has 0 fully saturated rings. The highest BCUT2D eigenvalue weighted by Gasteiger charge is 2.19. The maximum Gasteiger partial charge on any atom is 0.258 e. The van der Waals surface area contributed by atoms with Gasteiger partial charge in [0, 0.05) is 6.07 Å². The van der Waals surface area contributed by atoms with Gasteiger partial charge in [-0.2, -0.15) is 0 Å². The van der Waals surface area contributed by atoms with Crippen molar-refractivity contribution in [2.75, 3.05) is 17.6 Å². The van der Waals surface area contributed by atoms with Gasteiger partial charge in [-0.3, -0.25) is 9.52 Å². The number of carbonyl (C=O) groups excluding carboxylic acids is 1. The van der Waals surface area contributed by atoms with Crippen molar-refractivity contribution < 1.29 is 26.7 Å². The first kappa shape index (κ1) is 23.6. The standard InChI is InChI=1S/C21H26F2N2O4S/c1-13(14-6-9-19(18(23)10-14)25-30(5,27)28)24-20(26)12-29-15-7-8-16(17(22)11-15)21(2,3)4/h6-11,13,25H,12H2,1-5H3,(H,24,26)/t13-/m1/s1. The van der Waals surface area contributed by atoms with Gasteiger partial charge in [-0.1, -0.05) is 32.9 Å². The minimum absolute atomic E-state index is 0.177. The van der Waals surface area contributed by atoms with E-state index in [1.807, 2.05) is 20.8 Å². The van der Waals surface area contributed by atoms with E-state index in [4.69, 9.17) is 4.74 Å². The van der Waals surface area contributed by atoms with Crippen LogP contribution in [0.15, 0.2) is 36.4 Å². The molecule has 0 bridgehead atoms. The van der Waals surface area contributed by atoms with E-state index >= 15 is 0 Å². The van der Waals surface area contributed by atoms with E-state index in [1.54, 1.807) is 19.1 Å². The maximum atomic E-state index is 14.2. The molecule has 0 aliphatic heterocycles. The third-order valence-electron chi connectivity index (χ3n) is 4.28. The van der Waals surface area contributed by atoms with Crippen LogP contribution in [0.4, 0.5) is 14.5 Å². The molecule has 0 saturated carbocycles. The summed E-state index contributed by atoms with van der Waals surface area (Å²) in [7, 11) is -3.60. The Morgan fingerprint density at radius 3 is 2.30 bits per heavy atom. The molecule has 1 atom stereocenters. The summed E-state index contributed by atoms with van der Waals surface area (Å²) in [6.45, 7) is 7.00. The second-order valence-electron chi connectivity index (χ2n) is 8.08. The molecule has 0 unspecified atom stereocenters. The summed E-state index contributed by atoms with van der Waals surface area (Å²) in [5.41, 5.74) is 0.463. The Morgan fingerprint density at radius 2 is 1.77 bits per heavy atom. The number of rotatable bonds is 7. The van der Waals surface area contributed by atoms with Crippen molar-refractivity contribution in [3.05, 3.63) is 59.2 Å². The molecule has 0 aliphatic rings. The van der Waals surface area contributed by atoms with E-state index in [0.29, 0.717) is 11.1 Å². The molecular weight excluding hydrogens is 414 g/mol. The van der Waals surface area contributed by atoms with Gasteiger partial charge in [0.05, 0.1) is 18.0 Å². The van der Waals surface area contributed by atoms with Crippen LogP contribution < -0.4 is 14.8 Å².